The molecule has 3 heterocycles. The van der Waals surface area contributed by atoms with Crippen LogP contribution in [0.4, 0.5) is 5.69 Å². The highest BCUT2D eigenvalue weighted by Crippen LogP contribution is 2.36. The predicted molar refractivity (Wildman–Crippen MR) is 104 cm³/mol. The number of imide groups is 1. The number of nitrogens with zero attached hydrogens (tertiary/aromatic N) is 1. The Kier molecular flexibility index (Phi) is 4.61. The minimum absolute atomic E-state index is 0.191. The van der Waals surface area contributed by atoms with Gasteiger partial charge in [0.1, 0.15) is 18.9 Å². The van der Waals surface area contributed by atoms with Gasteiger partial charge in [-0.05, 0) is 29.5 Å². The van der Waals surface area contributed by atoms with E-state index in [2.05, 4.69) is 5.32 Å². The van der Waals surface area contributed by atoms with Crippen molar-refractivity contribution in [2.24, 2.45) is 5.92 Å². The molecule has 2 aliphatic rings. The lowest BCUT2D eigenvalue weighted by Gasteiger charge is -2.19. The molecule has 140 valence electrons. The van der Waals surface area contributed by atoms with E-state index in [1.807, 2.05) is 37.4 Å². The number of carbonyl (C=O) groups excluding carboxylic acids is 2. The van der Waals surface area contributed by atoms with Gasteiger partial charge in [-0.15, -0.1) is 11.3 Å². The van der Waals surface area contributed by atoms with Crippen molar-refractivity contribution in [1.82, 2.24) is 4.90 Å². The van der Waals surface area contributed by atoms with Gasteiger partial charge in [-0.1, -0.05) is 19.9 Å². The van der Waals surface area contributed by atoms with Gasteiger partial charge >= 0.3 is 0 Å². The number of benzene rings is 1. The zero-order chi connectivity index (χ0) is 19.0. The van der Waals surface area contributed by atoms with Crippen LogP contribution in [-0.2, 0) is 9.59 Å². The Morgan fingerprint density at radius 2 is 1.89 bits per heavy atom. The van der Waals surface area contributed by atoms with Crippen LogP contribution in [0.3, 0.4) is 0 Å². The van der Waals surface area contributed by atoms with Gasteiger partial charge in [-0.25, -0.2) is 0 Å². The molecule has 0 bridgehead atoms. The van der Waals surface area contributed by atoms with Gasteiger partial charge in [0.15, 0.2) is 11.5 Å². The molecule has 0 aliphatic carbocycles. The number of amides is 2. The third-order valence-electron chi connectivity index (χ3n) is 4.29. The zero-order valence-corrected chi connectivity index (χ0v) is 16.0. The molecular formula is C20H20N2O4S. The smallest absolute Gasteiger partial charge is 0.278 e. The first-order chi connectivity index (χ1) is 13.0. The van der Waals surface area contributed by atoms with Gasteiger partial charge in [-0.2, -0.15) is 0 Å². The fourth-order valence-electron chi connectivity index (χ4n) is 3.14. The molecule has 2 amide bonds. The van der Waals surface area contributed by atoms with E-state index in [-0.39, 0.29) is 17.7 Å². The molecule has 1 aromatic carbocycles. The molecule has 1 N–H and O–H groups in total. The normalized spacial score (nSPS) is 16.5. The van der Waals surface area contributed by atoms with Crippen molar-refractivity contribution in [1.29, 1.82) is 0 Å². The highest BCUT2D eigenvalue weighted by molar-refractivity contribution is 7.11. The number of carbonyl (C=O) groups is 2. The maximum atomic E-state index is 13.0. The van der Waals surface area contributed by atoms with E-state index in [1.165, 1.54) is 16.2 Å². The number of ether oxygens (including phenoxy) is 2. The number of hydrogen-bond acceptors (Lipinski definition) is 6. The lowest BCUT2D eigenvalue weighted by Crippen LogP contribution is -2.35. The summed E-state index contributed by atoms with van der Waals surface area (Å²) in [6.45, 7) is 5.36. The Morgan fingerprint density at radius 1 is 1.11 bits per heavy atom. The number of fused-ring (bicyclic) bond motifs is 1. The first-order valence-corrected chi connectivity index (χ1v) is 9.73. The predicted octanol–water partition coefficient (Wildman–Crippen LogP) is 3.37. The fourth-order valence-corrected chi connectivity index (χ4v) is 3.91. The van der Waals surface area contributed by atoms with E-state index >= 15 is 0 Å². The van der Waals surface area contributed by atoms with Gasteiger partial charge in [-0.3, -0.25) is 14.5 Å². The number of hydrogen-bond donors (Lipinski definition) is 1. The summed E-state index contributed by atoms with van der Waals surface area (Å²) in [4.78, 5) is 28.0. The molecule has 1 aromatic heterocycles. The minimum atomic E-state index is -0.299. The van der Waals surface area contributed by atoms with E-state index in [4.69, 9.17) is 9.47 Å². The Hall–Kier alpha value is -2.80. The van der Waals surface area contributed by atoms with Crippen molar-refractivity contribution in [2.45, 2.75) is 13.8 Å². The van der Waals surface area contributed by atoms with E-state index in [1.54, 1.807) is 12.1 Å². The van der Waals surface area contributed by atoms with Crippen molar-refractivity contribution in [3.8, 4) is 11.5 Å². The van der Waals surface area contributed by atoms with Crippen molar-refractivity contribution < 1.29 is 19.1 Å². The molecule has 4 rings (SSSR count). The largest absolute Gasteiger partial charge is 0.486 e. The number of nitrogens with one attached hydrogen (secondary N) is 1. The summed E-state index contributed by atoms with van der Waals surface area (Å²) >= 11 is 1.44. The molecule has 2 aromatic rings. The number of rotatable bonds is 5. The van der Waals surface area contributed by atoms with Crippen molar-refractivity contribution in [2.75, 3.05) is 25.1 Å². The molecule has 2 aliphatic heterocycles. The standard InChI is InChI=1S/C20H20N2O4S/c1-12(2)11-22-19(23)17(16-4-3-9-27-16)18(20(22)24)21-13-5-6-14-15(10-13)26-8-7-25-14/h3-6,9-10,12,21H,7-8,11H2,1-2H3. The SMILES string of the molecule is CC(C)CN1C(=O)C(Nc2ccc3c(c2)OCCO3)=C(c2cccs2)C1=O. The molecule has 7 heteroatoms. The van der Waals surface area contributed by atoms with Crippen molar-refractivity contribution in [3.05, 3.63) is 46.3 Å². The minimum Gasteiger partial charge on any atom is -0.486 e. The van der Waals surface area contributed by atoms with E-state index < -0.39 is 0 Å². The summed E-state index contributed by atoms with van der Waals surface area (Å²) < 4.78 is 11.1. The van der Waals surface area contributed by atoms with Crippen LogP contribution in [0.25, 0.3) is 5.57 Å². The molecule has 0 unspecified atom stereocenters. The Labute approximate surface area is 161 Å². The summed E-state index contributed by atoms with van der Waals surface area (Å²) in [5.74, 6) is 0.939. The van der Waals surface area contributed by atoms with Crippen LogP contribution in [0.15, 0.2) is 41.4 Å². The van der Waals surface area contributed by atoms with Crippen LogP contribution in [0.1, 0.15) is 18.7 Å². The molecule has 0 atom stereocenters. The average molecular weight is 384 g/mol. The van der Waals surface area contributed by atoms with E-state index in [0.29, 0.717) is 48.2 Å². The molecule has 0 fully saturated rings. The summed E-state index contributed by atoms with van der Waals surface area (Å²) in [6, 6.07) is 9.13. The van der Waals surface area contributed by atoms with Gasteiger partial charge in [0.25, 0.3) is 11.8 Å². The van der Waals surface area contributed by atoms with Crippen molar-refractivity contribution >= 4 is 34.4 Å². The fraction of sp³-hybridized carbons (Fsp3) is 0.300. The van der Waals surface area contributed by atoms with Crippen molar-refractivity contribution in [3.63, 3.8) is 0 Å². The molecular weight excluding hydrogens is 364 g/mol. The average Bonchev–Trinajstić information content (AvgIpc) is 3.25. The first kappa shape index (κ1) is 17.6. The van der Waals surface area contributed by atoms with Crippen LogP contribution < -0.4 is 14.8 Å². The Bertz CT molecular complexity index is 918. The summed E-state index contributed by atoms with van der Waals surface area (Å²) in [6.07, 6.45) is 0. The van der Waals surface area contributed by atoms with Gasteiger partial charge in [0.05, 0.1) is 5.57 Å². The monoisotopic (exact) mass is 384 g/mol. The maximum absolute atomic E-state index is 13.0. The first-order valence-electron chi connectivity index (χ1n) is 8.85. The van der Waals surface area contributed by atoms with E-state index in [0.717, 1.165) is 4.88 Å². The lowest BCUT2D eigenvalue weighted by molar-refractivity contribution is -0.137. The second-order valence-electron chi connectivity index (χ2n) is 6.83. The summed E-state index contributed by atoms with van der Waals surface area (Å²) in [5, 5.41) is 5.05. The van der Waals surface area contributed by atoms with Crippen LogP contribution in [-0.4, -0.2) is 36.5 Å². The van der Waals surface area contributed by atoms with Crippen LogP contribution >= 0.6 is 11.3 Å². The summed E-state index contributed by atoms with van der Waals surface area (Å²) in [5.41, 5.74) is 1.40. The van der Waals surface area contributed by atoms with Gasteiger partial charge in [0, 0.05) is 23.2 Å². The maximum Gasteiger partial charge on any atom is 0.278 e. The van der Waals surface area contributed by atoms with Gasteiger partial charge in [0.2, 0.25) is 0 Å². The molecule has 0 saturated heterocycles. The lowest BCUT2D eigenvalue weighted by atomic mass is 10.1. The van der Waals surface area contributed by atoms with E-state index in [9.17, 15) is 9.59 Å². The highest BCUT2D eigenvalue weighted by atomic mass is 32.1. The molecule has 27 heavy (non-hydrogen) atoms. The zero-order valence-electron chi connectivity index (χ0n) is 15.2. The third-order valence-corrected chi connectivity index (χ3v) is 5.18. The van der Waals surface area contributed by atoms with Crippen LogP contribution in [0.2, 0.25) is 0 Å². The number of anilines is 1. The number of thiophene rings is 1. The van der Waals surface area contributed by atoms with Crippen LogP contribution in [0.5, 0.6) is 11.5 Å². The molecule has 6 nitrogen and oxygen atoms in total. The highest BCUT2D eigenvalue weighted by Gasteiger charge is 2.39. The third kappa shape index (κ3) is 3.30. The van der Waals surface area contributed by atoms with Gasteiger partial charge < -0.3 is 14.8 Å². The second kappa shape index (κ2) is 7.08. The van der Waals surface area contributed by atoms with Crippen LogP contribution in [0, 0.1) is 5.92 Å². The summed E-state index contributed by atoms with van der Waals surface area (Å²) in [7, 11) is 0. The Balaban J connectivity index is 1.71. The second-order valence-corrected chi connectivity index (χ2v) is 7.77. The molecule has 0 spiro atoms. The quantitative estimate of drug-likeness (QED) is 0.801. The molecule has 0 radical (unpaired) electrons. The Morgan fingerprint density at radius 3 is 2.59 bits per heavy atom. The topological polar surface area (TPSA) is 67.9 Å². The molecule has 0 saturated carbocycles.